The maximum absolute atomic E-state index is 12.4. The van der Waals surface area contributed by atoms with Crippen LogP contribution in [0.2, 0.25) is 0 Å². The van der Waals surface area contributed by atoms with Crippen molar-refractivity contribution in [2.24, 2.45) is 38.7 Å². The lowest BCUT2D eigenvalue weighted by molar-refractivity contribution is -0.142. The fourth-order valence-corrected chi connectivity index (χ4v) is 2.37. The van der Waals surface area contributed by atoms with Crippen molar-refractivity contribution in [3.8, 4) is 0 Å². The van der Waals surface area contributed by atoms with E-state index in [-0.39, 0.29) is 37.9 Å². The minimum absolute atomic E-state index is 0.0870. The minimum atomic E-state index is -1.24. The number of nitrogens with two attached hydrogens (primary N) is 5. The van der Waals surface area contributed by atoms with Gasteiger partial charge in [0.15, 0.2) is 11.9 Å². The lowest BCUT2D eigenvalue weighted by Gasteiger charge is -2.20. The van der Waals surface area contributed by atoms with E-state index in [0.29, 0.717) is 12.8 Å². The van der Waals surface area contributed by atoms with Crippen molar-refractivity contribution in [1.82, 2.24) is 16.0 Å². The summed E-state index contributed by atoms with van der Waals surface area (Å²) in [5.74, 6) is -3.37. The van der Waals surface area contributed by atoms with Crippen LogP contribution in [0.5, 0.6) is 0 Å². The lowest BCUT2D eigenvalue weighted by atomic mass is 10.1. The van der Waals surface area contributed by atoms with E-state index in [1.54, 1.807) is 0 Å². The van der Waals surface area contributed by atoms with E-state index >= 15 is 0 Å². The Hall–Kier alpha value is -3.62. The highest BCUT2D eigenvalue weighted by atomic mass is 16.4. The molecule has 0 heterocycles. The number of carbonyl (C=O) groups excluding carboxylic acids is 3. The third kappa shape index (κ3) is 13.6. The quantitative estimate of drug-likeness (QED) is 0.0645. The smallest absolute Gasteiger partial charge is 0.326 e. The van der Waals surface area contributed by atoms with Crippen LogP contribution in [0.15, 0.2) is 9.98 Å². The molecule has 15 nitrogen and oxygen atoms in total. The Balaban J connectivity index is 4.77. The molecule has 0 saturated carbocycles. The van der Waals surface area contributed by atoms with Gasteiger partial charge in [-0.2, -0.15) is 0 Å². The van der Waals surface area contributed by atoms with Crippen LogP contribution in [0.3, 0.4) is 0 Å². The van der Waals surface area contributed by atoms with Crippen LogP contribution >= 0.6 is 0 Å². The molecule has 0 aliphatic heterocycles. The largest absolute Gasteiger partial charge is 0.480 e. The molecule has 0 bridgehead atoms. The molecule has 0 saturated heterocycles. The van der Waals surface area contributed by atoms with Crippen molar-refractivity contribution in [3.05, 3.63) is 0 Å². The number of hydrogen-bond acceptors (Lipinski definition) is 7. The Kier molecular flexibility index (Phi) is 13.5. The van der Waals surface area contributed by atoms with Gasteiger partial charge in [0.05, 0.1) is 12.6 Å². The van der Waals surface area contributed by atoms with Crippen LogP contribution in [0.1, 0.15) is 32.6 Å². The van der Waals surface area contributed by atoms with Gasteiger partial charge in [0.25, 0.3) is 0 Å². The molecule has 0 fully saturated rings. The van der Waals surface area contributed by atoms with E-state index in [0.717, 1.165) is 0 Å². The Labute approximate surface area is 185 Å². The Bertz CT molecular complexity index is 702. The van der Waals surface area contributed by atoms with E-state index < -0.39 is 48.4 Å². The molecular formula is C17H34N10O5. The van der Waals surface area contributed by atoms with Crippen LogP contribution in [0.4, 0.5) is 0 Å². The van der Waals surface area contributed by atoms with Gasteiger partial charge >= 0.3 is 5.97 Å². The molecule has 14 N–H and O–H groups in total. The van der Waals surface area contributed by atoms with Crippen LogP contribution in [-0.4, -0.2) is 78.5 Å². The number of amides is 3. The molecule has 182 valence electrons. The maximum atomic E-state index is 12.4. The zero-order chi connectivity index (χ0) is 24.7. The number of carbonyl (C=O) groups is 4. The summed E-state index contributed by atoms with van der Waals surface area (Å²) in [4.78, 5) is 55.2. The average Bonchev–Trinajstić information content (AvgIpc) is 2.69. The highest BCUT2D eigenvalue weighted by molar-refractivity contribution is 5.92. The fraction of sp³-hybridized carbons (Fsp3) is 0.647. The molecule has 3 unspecified atom stereocenters. The minimum Gasteiger partial charge on any atom is -0.480 e. The third-order valence-electron chi connectivity index (χ3n) is 3.99. The van der Waals surface area contributed by atoms with Gasteiger partial charge in [-0.05, 0) is 32.6 Å². The summed E-state index contributed by atoms with van der Waals surface area (Å²) in [7, 11) is 0. The van der Waals surface area contributed by atoms with E-state index in [2.05, 4.69) is 25.9 Å². The van der Waals surface area contributed by atoms with Crippen LogP contribution in [0, 0.1) is 0 Å². The normalized spacial score (nSPS) is 13.1. The van der Waals surface area contributed by atoms with Gasteiger partial charge in [-0.3, -0.25) is 24.4 Å². The molecule has 0 spiro atoms. The molecule has 15 heteroatoms. The summed E-state index contributed by atoms with van der Waals surface area (Å²) in [5, 5.41) is 16.4. The van der Waals surface area contributed by atoms with Crippen molar-refractivity contribution in [1.29, 1.82) is 0 Å². The Morgan fingerprint density at radius 1 is 0.844 bits per heavy atom. The summed E-state index contributed by atoms with van der Waals surface area (Å²) in [6.07, 6.45) is 0.968. The number of carboxylic acid groups (broad SMARTS) is 1. The van der Waals surface area contributed by atoms with Crippen LogP contribution < -0.4 is 44.6 Å². The molecule has 0 aliphatic carbocycles. The van der Waals surface area contributed by atoms with Gasteiger partial charge < -0.3 is 49.7 Å². The summed E-state index contributed by atoms with van der Waals surface area (Å²) in [6.45, 7) is 1.41. The second kappa shape index (κ2) is 15.2. The molecule has 0 aromatic carbocycles. The van der Waals surface area contributed by atoms with E-state index in [1.807, 2.05) is 0 Å². The van der Waals surface area contributed by atoms with Crippen molar-refractivity contribution in [2.75, 3.05) is 19.6 Å². The molecule has 0 aromatic heterocycles. The van der Waals surface area contributed by atoms with Gasteiger partial charge in [0.2, 0.25) is 17.7 Å². The molecule has 0 radical (unpaired) electrons. The first-order valence-corrected chi connectivity index (χ1v) is 9.90. The van der Waals surface area contributed by atoms with Gasteiger partial charge in [0, 0.05) is 13.1 Å². The second-order valence-electron chi connectivity index (χ2n) is 6.92. The number of nitrogens with zero attached hydrogens (tertiary/aromatic N) is 2. The SMILES string of the molecule is CC(N)C(=O)NC(CCCN=C(N)N)C(=O)NCC(=O)NC(CCCN=C(N)N)C(=O)O. The zero-order valence-electron chi connectivity index (χ0n) is 18.0. The lowest BCUT2D eigenvalue weighted by Crippen LogP contribution is -2.53. The average molecular weight is 459 g/mol. The zero-order valence-corrected chi connectivity index (χ0v) is 18.0. The molecule has 0 aliphatic rings. The van der Waals surface area contributed by atoms with Crippen molar-refractivity contribution >= 4 is 35.6 Å². The first-order valence-electron chi connectivity index (χ1n) is 9.90. The summed E-state index contributed by atoms with van der Waals surface area (Å²) in [5.41, 5.74) is 26.4. The van der Waals surface area contributed by atoms with Gasteiger partial charge in [0.1, 0.15) is 12.1 Å². The second-order valence-corrected chi connectivity index (χ2v) is 6.92. The topological polar surface area (TPSA) is 279 Å². The van der Waals surface area contributed by atoms with Crippen molar-refractivity contribution in [2.45, 2.75) is 50.7 Å². The highest BCUT2D eigenvalue weighted by Gasteiger charge is 2.24. The van der Waals surface area contributed by atoms with Gasteiger partial charge in [-0.15, -0.1) is 0 Å². The van der Waals surface area contributed by atoms with Crippen LogP contribution in [-0.2, 0) is 19.2 Å². The summed E-state index contributed by atoms with van der Waals surface area (Å²) >= 11 is 0. The standard InChI is InChI=1S/C17H34N10O5/c1-9(18)13(29)27-10(4-2-6-23-16(19)20)14(30)25-8-12(28)26-11(15(31)32)5-3-7-24-17(21)22/h9-11H,2-8,18H2,1H3,(H,25,30)(H,26,28)(H,27,29)(H,31,32)(H4,19,20,23)(H4,21,22,24). The Morgan fingerprint density at radius 2 is 1.34 bits per heavy atom. The maximum Gasteiger partial charge on any atom is 0.326 e. The number of aliphatic imine (C=N–C) groups is 2. The van der Waals surface area contributed by atoms with E-state index in [9.17, 15) is 24.3 Å². The predicted octanol–water partition coefficient (Wildman–Crippen LogP) is -4.39. The molecular weight excluding hydrogens is 424 g/mol. The highest BCUT2D eigenvalue weighted by Crippen LogP contribution is 2.01. The monoisotopic (exact) mass is 458 g/mol. The van der Waals surface area contributed by atoms with Crippen molar-refractivity contribution < 1.29 is 24.3 Å². The summed E-state index contributed by atoms with van der Waals surface area (Å²) < 4.78 is 0. The number of hydrogen-bond donors (Lipinski definition) is 9. The number of guanidine groups is 2. The molecule has 32 heavy (non-hydrogen) atoms. The predicted molar refractivity (Wildman–Crippen MR) is 118 cm³/mol. The molecule has 3 amide bonds. The number of carboxylic acids is 1. The van der Waals surface area contributed by atoms with Crippen molar-refractivity contribution in [3.63, 3.8) is 0 Å². The van der Waals surface area contributed by atoms with Gasteiger partial charge in [-0.25, -0.2) is 4.79 Å². The first-order chi connectivity index (χ1) is 14.9. The molecule has 0 aromatic rings. The number of aliphatic carboxylic acids is 1. The fourth-order valence-electron chi connectivity index (χ4n) is 2.37. The molecule has 3 atom stereocenters. The molecule has 0 rings (SSSR count). The Morgan fingerprint density at radius 3 is 1.78 bits per heavy atom. The first kappa shape index (κ1) is 28.4. The summed E-state index contributed by atoms with van der Waals surface area (Å²) in [6, 6.07) is -3.01. The van der Waals surface area contributed by atoms with E-state index in [1.165, 1.54) is 6.92 Å². The van der Waals surface area contributed by atoms with E-state index in [4.69, 9.17) is 28.7 Å². The van der Waals surface area contributed by atoms with Crippen LogP contribution in [0.25, 0.3) is 0 Å². The number of nitrogens with one attached hydrogen (secondary N) is 3. The number of rotatable bonds is 15. The third-order valence-corrected chi connectivity index (χ3v) is 3.99. The van der Waals surface area contributed by atoms with Gasteiger partial charge in [-0.1, -0.05) is 0 Å².